The fraction of sp³-hybridized carbons (Fsp3) is 0.483. The molecule has 2 saturated heterocycles. The van der Waals surface area contributed by atoms with Gasteiger partial charge < -0.3 is 14.4 Å². The molecule has 1 spiro atoms. The third-order valence-electron chi connectivity index (χ3n) is 7.74. The van der Waals surface area contributed by atoms with E-state index in [0.29, 0.717) is 55.4 Å². The van der Waals surface area contributed by atoms with Gasteiger partial charge in [-0.15, -0.1) is 0 Å². The molecule has 5 rings (SSSR count). The van der Waals surface area contributed by atoms with Crippen molar-refractivity contribution in [3.05, 3.63) is 58.1 Å². The van der Waals surface area contributed by atoms with Crippen LogP contribution in [0.15, 0.2) is 36.4 Å². The predicted octanol–water partition coefficient (Wildman–Crippen LogP) is 5.99. The molecule has 3 heterocycles. The van der Waals surface area contributed by atoms with Gasteiger partial charge in [0.1, 0.15) is 5.60 Å². The highest BCUT2D eigenvalue weighted by Gasteiger charge is 2.52. The monoisotopic (exact) mass is 524 g/mol. The molecule has 0 unspecified atom stereocenters. The topological polar surface area (TPSA) is 76.2 Å². The zero-order valence-electron chi connectivity index (χ0n) is 21.6. The average molecular weight is 525 g/mol. The molecule has 0 N–H and O–H groups in total. The van der Waals surface area contributed by atoms with E-state index in [0.717, 1.165) is 35.9 Å². The molecule has 0 bridgehead atoms. The van der Waals surface area contributed by atoms with Crippen LogP contribution in [0.5, 0.6) is 0 Å². The van der Waals surface area contributed by atoms with Crippen molar-refractivity contribution in [2.24, 2.45) is 0 Å². The molecular weight excluding hydrogens is 492 g/mol. The largest absolute Gasteiger partial charge is 0.444 e. The summed E-state index contributed by atoms with van der Waals surface area (Å²) in [5.74, 6) is 0.213. The first-order valence-corrected chi connectivity index (χ1v) is 13.3. The number of carbonyl (C=O) groups is 3. The van der Waals surface area contributed by atoms with Crippen LogP contribution in [0.4, 0.5) is 16.2 Å². The Morgan fingerprint density at radius 3 is 2.46 bits per heavy atom. The molecule has 0 radical (unpaired) electrons. The van der Waals surface area contributed by atoms with Gasteiger partial charge in [-0.05, 0) is 81.7 Å². The molecule has 2 aromatic rings. The number of halogens is 1. The molecule has 2 aromatic carbocycles. The predicted molar refractivity (Wildman–Crippen MR) is 142 cm³/mol. The summed E-state index contributed by atoms with van der Waals surface area (Å²) in [5, 5.41) is 0.320. The molecule has 0 aliphatic carbocycles. The fourth-order valence-corrected chi connectivity index (χ4v) is 6.05. The quantitative estimate of drug-likeness (QED) is 0.461. The van der Waals surface area contributed by atoms with Gasteiger partial charge in [0, 0.05) is 26.3 Å². The van der Waals surface area contributed by atoms with E-state index in [1.807, 2.05) is 20.8 Å². The van der Waals surface area contributed by atoms with E-state index in [1.165, 1.54) is 0 Å². The maximum Gasteiger partial charge on any atom is 0.410 e. The summed E-state index contributed by atoms with van der Waals surface area (Å²) in [4.78, 5) is 42.1. The van der Waals surface area contributed by atoms with Gasteiger partial charge in [-0.25, -0.2) is 4.79 Å². The van der Waals surface area contributed by atoms with Gasteiger partial charge in [-0.3, -0.25) is 14.5 Å². The number of hydrogen-bond donors (Lipinski definition) is 0. The van der Waals surface area contributed by atoms with E-state index in [1.54, 1.807) is 28.0 Å². The normalized spacial score (nSPS) is 19.7. The Morgan fingerprint density at radius 2 is 1.81 bits per heavy atom. The van der Waals surface area contributed by atoms with Crippen molar-refractivity contribution >= 4 is 41.3 Å². The van der Waals surface area contributed by atoms with Gasteiger partial charge in [0.15, 0.2) is 6.29 Å². The molecule has 37 heavy (non-hydrogen) atoms. The maximum absolute atomic E-state index is 14.1. The van der Waals surface area contributed by atoms with Gasteiger partial charge >= 0.3 is 6.09 Å². The van der Waals surface area contributed by atoms with E-state index in [-0.39, 0.29) is 17.9 Å². The molecule has 8 heteroatoms. The lowest BCUT2D eigenvalue weighted by molar-refractivity contribution is -0.125. The molecule has 7 nitrogen and oxygen atoms in total. The Morgan fingerprint density at radius 1 is 1.11 bits per heavy atom. The van der Waals surface area contributed by atoms with Crippen LogP contribution in [0.3, 0.4) is 0 Å². The van der Waals surface area contributed by atoms with E-state index in [4.69, 9.17) is 21.1 Å². The Balaban J connectivity index is 1.48. The van der Waals surface area contributed by atoms with E-state index < -0.39 is 11.0 Å². The molecule has 0 aromatic heterocycles. The van der Waals surface area contributed by atoms with Crippen LogP contribution < -0.4 is 4.90 Å². The van der Waals surface area contributed by atoms with E-state index in [2.05, 4.69) is 18.2 Å². The molecule has 2 fully saturated rings. The minimum Gasteiger partial charge on any atom is -0.444 e. The van der Waals surface area contributed by atoms with E-state index in [9.17, 15) is 14.4 Å². The molecule has 2 amide bonds. The first-order chi connectivity index (χ1) is 17.6. The zero-order valence-corrected chi connectivity index (χ0v) is 22.3. The number of ether oxygens (including phenoxy) is 2. The molecular formula is C29H33ClN2O5. The van der Waals surface area contributed by atoms with Gasteiger partial charge in [0.25, 0.3) is 0 Å². The number of carbonyl (C=O) groups excluding carboxylic acids is 3. The van der Waals surface area contributed by atoms with Crippen molar-refractivity contribution < 1.29 is 23.9 Å². The summed E-state index contributed by atoms with van der Waals surface area (Å²) in [6.07, 6.45) is 3.25. The minimum absolute atomic E-state index is 0.0342. The highest BCUT2D eigenvalue weighted by Crippen LogP contribution is 2.52. The van der Waals surface area contributed by atoms with Crippen molar-refractivity contribution in [1.82, 2.24) is 4.90 Å². The number of nitrogens with zero attached hydrogens (tertiary/aromatic N) is 2. The number of benzene rings is 2. The highest BCUT2D eigenvalue weighted by atomic mass is 35.5. The van der Waals surface area contributed by atoms with Crippen molar-refractivity contribution in [3.8, 4) is 0 Å². The second-order valence-corrected chi connectivity index (χ2v) is 11.6. The van der Waals surface area contributed by atoms with Crippen molar-refractivity contribution in [3.63, 3.8) is 0 Å². The Kier molecular flexibility index (Phi) is 6.79. The number of fused-ring (bicyclic) bond motifs is 2. The van der Waals surface area contributed by atoms with Crippen LogP contribution in [0, 0.1) is 0 Å². The van der Waals surface area contributed by atoms with Crippen molar-refractivity contribution in [2.45, 2.75) is 63.4 Å². The standard InChI is InChI=1S/C29H33ClN2O5/c1-28(2,3)37-27(35)31-13-9-19(10-14-31)20-7-8-22-25(17-20)32(24-6-4-5-23(30)21(24)18-33)26(34)29(22)11-15-36-16-12-29/h4-8,17-19H,9-16H2,1-3H3. The number of hydrogen-bond acceptors (Lipinski definition) is 5. The number of aldehydes is 1. The van der Waals surface area contributed by atoms with Crippen LogP contribution in [-0.4, -0.2) is 55.1 Å². The van der Waals surface area contributed by atoms with Crippen LogP contribution in [0.2, 0.25) is 5.02 Å². The summed E-state index contributed by atoms with van der Waals surface area (Å²) in [6, 6.07) is 11.5. The average Bonchev–Trinajstić information content (AvgIpc) is 3.10. The Bertz CT molecular complexity index is 1220. The first kappa shape index (κ1) is 25.7. The zero-order chi connectivity index (χ0) is 26.4. The van der Waals surface area contributed by atoms with E-state index >= 15 is 0 Å². The number of likely N-dealkylation sites (tertiary alicyclic amines) is 1. The summed E-state index contributed by atoms with van der Waals surface area (Å²) < 4.78 is 11.2. The first-order valence-electron chi connectivity index (χ1n) is 12.9. The van der Waals surface area contributed by atoms with Crippen LogP contribution in [0.1, 0.15) is 73.9 Å². The minimum atomic E-state index is -0.672. The number of amides is 2. The highest BCUT2D eigenvalue weighted by molar-refractivity contribution is 6.34. The number of piperidine rings is 1. The smallest absolute Gasteiger partial charge is 0.410 e. The van der Waals surface area contributed by atoms with Crippen LogP contribution in [0.25, 0.3) is 0 Å². The molecule has 3 aliphatic heterocycles. The lowest BCUT2D eigenvalue weighted by Crippen LogP contribution is -2.42. The second kappa shape index (κ2) is 9.76. The van der Waals surface area contributed by atoms with Gasteiger partial charge in [0.2, 0.25) is 5.91 Å². The fourth-order valence-electron chi connectivity index (χ4n) is 5.83. The molecule has 196 valence electrons. The van der Waals surface area contributed by atoms with Crippen LogP contribution in [-0.2, 0) is 19.7 Å². The third kappa shape index (κ3) is 4.64. The van der Waals surface area contributed by atoms with Crippen molar-refractivity contribution in [2.75, 3.05) is 31.2 Å². The van der Waals surface area contributed by atoms with Crippen molar-refractivity contribution in [1.29, 1.82) is 0 Å². The van der Waals surface area contributed by atoms with Gasteiger partial charge in [-0.1, -0.05) is 29.8 Å². The molecule has 0 atom stereocenters. The lowest BCUT2D eigenvalue weighted by atomic mass is 9.74. The summed E-state index contributed by atoms with van der Waals surface area (Å²) in [7, 11) is 0. The summed E-state index contributed by atoms with van der Waals surface area (Å²) >= 11 is 6.36. The maximum atomic E-state index is 14.1. The van der Waals surface area contributed by atoms with Gasteiger partial charge in [0.05, 0.1) is 27.4 Å². The number of anilines is 2. The summed E-state index contributed by atoms with van der Waals surface area (Å²) in [6.45, 7) is 7.87. The van der Waals surface area contributed by atoms with Crippen LogP contribution >= 0.6 is 11.6 Å². The SMILES string of the molecule is CC(C)(C)OC(=O)N1CCC(c2ccc3c(c2)N(c2cccc(Cl)c2C=O)C(=O)C32CCOCC2)CC1. The Hall–Kier alpha value is -2.90. The second-order valence-electron chi connectivity index (χ2n) is 11.1. The Labute approximate surface area is 222 Å². The lowest BCUT2D eigenvalue weighted by Gasteiger charge is -2.34. The third-order valence-corrected chi connectivity index (χ3v) is 8.07. The summed E-state index contributed by atoms with van der Waals surface area (Å²) in [5.41, 5.74) is 2.54. The molecule has 3 aliphatic rings. The number of rotatable bonds is 3. The molecule has 0 saturated carbocycles. The van der Waals surface area contributed by atoms with Gasteiger partial charge in [-0.2, -0.15) is 0 Å².